The number of carbonyl (C=O) groups is 1. The Bertz CT molecular complexity index is 365. The van der Waals surface area contributed by atoms with Gasteiger partial charge in [0.25, 0.3) is 0 Å². The zero-order chi connectivity index (χ0) is 11.3. The number of carbonyl (C=O) groups excluding carboxylic acids is 1. The van der Waals surface area contributed by atoms with Crippen LogP contribution in [0.15, 0.2) is 11.1 Å². The normalized spacial score (nSPS) is 36.8. The second kappa shape index (κ2) is 3.35. The van der Waals surface area contributed by atoms with Gasteiger partial charge >= 0.3 is 5.97 Å². The van der Waals surface area contributed by atoms with Gasteiger partial charge in [-0.05, 0) is 48.5 Å². The van der Waals surface area contributed by atoms with E-state index < -0.39 is 0 Å². The quantitative estimate of drug-likeness (QED) is 0.586. The van der Waals surface area contributed by atoms with Crippen molar-refractivity contribution in [3.63, 3.8) is 0 Å². The summed E-state index contributed by atoms with van der Waals surface area (Å²) in [5, 5.41) is 0. The number of hydrogen-bond donors (Lipinski definition) is 0. The Hall–Kier alpha value is -0.790. The maximum Gasteiger partial charge on any atom is 0.334 e. The van der Waals surface area contributed by atoms with Crippen LogP contribution in [0.5, 0.6) is 0 Å². The Morgan fingerprint density at radius 2 is 2.12 bits per heavy atom. The van der Waals surface area contributed by atoms with Gasteiger partial charge < -0.3 is 4.74 Å². The fourth-order valence-electron chi connectivity index (χ4n) is 4.06. The number of cyclic esters (lactones) is 1. The molecule has 1 aliphatic heterocycles. The van der Waals surface area contributed by atoms with E-state index in [-0.39, 0.29) is 5.97 Å². The zero-order valence-electron chi connectivity index (χ0n) is 10.2. The molecule has 0 aromatic carbocycles. The number of esters is 1. The molecular weight excluding hydrogens is 200 g/mol. The van der Waals surface area contributed by atoms with E-state index in [2.05, 4.69) is 13.8 Å². The predicted molar refractivity (Wildman–Crippen MR) is 61.8 cm³/mol. The molecule has 0 aromatic heterocycles. The molecular formula is C14H20O2. The molecule has 0 bridgehead atoms. The van der Waals surface area contributed by atoms with Crippen molar-refractivity contribution in [1.82, 2.24) is 0 Å². The number of hydrogen-bond acceptors (Lipinski definition) is 2. The molecule has 0 radical (unpaired) electrons. The van der Waals surface area contributed by atoms with Crippen LogP contribution in [-0.2, 0) is 9.53 Å². The maximum absolute atomic E-state index is 11.6. The van der Waals surface area contributed by atoms with Crippen molar-refractivity contribution in [3.8, 4) is 0 Å². The molecule has 3 rings (SSSR count). The van der Waals surface area contributed by atoms with Gasteiger partial charge in [-0.15, -0.1) is 0 Å². The van der Waals surface area contributed by atoms with Crippen LogP contribution in [0.2, 0.25) is 0 Å². The monoisotopic (exact) mass is 220 g/mol. The minimum absolute atomic E-state index is 0.0307. The fourth-order valence-corrected chi connectivity index (χ4v) is 4.06. The highest BCUT2D eigenvalue weighted by atomic mass is 16.5. The van der Waals surface area contributed by atoms with Crippen molar-refractivity contribution >= 4 is 5.97 Å². The first-order chi connectivity index (χ1) is 7.59. The summed E-state index contributed by atoms with van der Waals surface area (Å²) in [6, 6.07) is 0. The molecule has 1 heterocycles. The minimum atomic E-state index is -0.0307. The largest absolute Gasteiger partial charge is 0.458 e. The van der Waals surface area contributed by atoms with Gasteiger partial charge in [0.1, 0.15) is 6.61 Å². The summed E-state index contributed by atoms with van der Waals surface area (Å²) in [6.45, 7) is 5.38. The molecule has 2 atom stereocenters. The lowest BCUT2D eigenvalue weighted by Gasteiger charge is -2.46. The second-order valence-corrected chi connectivity index (χ2v) is 6.21. The Kier molecular flexibility index (Phi) is 2.17. The van der Waals surface area contributed by atoms with Gasteiger partial charge in [0.2, 0.25) is 0 Å². The van der Waals surface area contributed by atoms with Crippen LogP contribution in [0.3, 0.4) is 0 Å². The van der Waals surface area contributed by atoms with E-state index in [9.17, 15) is 4.79 Å². The van der Waals surface area contributed by atoms with Crippen molar-refractivity contribution in [2.24, 2.45) is 17.3 Å². The van der Waals surface area contributed by atoms with Crippen molar-refractivity contribution in [2.75, 3.05) is 6.61 Å². The molecule has 2 heteroatoms. The first-order valence-electron chi connectivity index (χ1n) is 6.48. The summed E-state index contributed by atoms with van der Waals surface area (Å²) in [6.07, 6.45) is 6.05. The van der Waals surface area contributed by atoms with Crippen molar-refractivity contribution in [2.45, 2.75) is 46.0 Å². The third kappa shape index (κ3) is 1.35. The maximum atomic E-state index is 11.6. The number of ether oxygens (including phenoxy) is 1. The van der Waals surface area contributed by atoms with E-state index in [4.69, 9.17) is 4.74 Å². The zero-order valence-corrected chi connectivity index (χ0v) is 10.2. The highest BCUT2D eigenvalue weighted by Crippen LogP contribution is 2.53. The summed E-state index contributed by atoms with van der Waals surface area (Å²) in [7, 11) is 0. The summed E-state index contributed by atoms with van der Waals surface area (Å²) in [5.41, 5.74) is 2.83. The van der Waals surface area contributed by atoms with Gasteiger partial charge in [0.05, 0.1) is 0 Å². The third-order valence-corrected chi connectivity index (χ3v) is 4.97. The lowest BCUT2D eigenvalue weighted by molar-refractivity contribution is -0.136. The summed E-state index contributed by atoms with van der Waals surface area (Å²) < 4.78 is 5.20. The van der Waals surface area contributed by atoms with Crippen LogP contribution < -0.4 is 0 Å². The SMILES string of the molecule is CC1(C)CCCC2C3=C(CCC21)C(=O)OC3. The summed E-state index contributed by atoms with van der Waals surface area (Å²) >= 11 is 0. The third-order valence-electron chi connectivity index (χ3n) is 4.97. The lowest BCUT2D eigenvalue weighted by atomic mass is 9.58. The van der Waals surface area contributed by atoms with Gasteiger partial charge in [0, 0.05) is 5.57 Å². The Labute approximate surface area is 97.1 Å². The molecule has 3 aliphatic rings. The molecule has 0 spiro atoms. The van der Waals surface area contributed by atoms with Crippen molar-refractivity contribution in [1.29, 1.82) is 0 Å². The summed E-state index contributed by atoms with van der Waals surface area (Å²) in [4.78, 5) is 11.6. The van der Waals surface area contributed by atoms with Crippen molar-refractivity contribution in [3.05, 3.63) is 11.1 Å². The standard InChI is InChI=1S/C14H20O2/c1-14(2)7-3-4-9-11-8-16-13(15)10(11)5-6-12(9)14/h9,12H,3-8H2,1-2H3. The molecule has 16 heavy (non-hydrogen) atoms. The summed E-state index contributed by atoms with van der Waals surface area (Å²) in [5.74, 6) is 1.38. The average Bonchev–Trinajstić information content (AvgIpc) is 2.60. The first kappa shape index (κ1) is 10.4. The van der Waals surface area contributed by atoms with Gasteiger partial charge in [-0.1, -0.05) is 20.3 Å². The van der Waals surface area contributed by atoms with E-state index >= 15 is 0 Å². The van der Waals surface area contributed by atoms with E-state index in [1.807, 2.05) is 0 Å². The highest BCUT2D eigenvalue weighted by molar-refractivity contribution is 5.92. The molecule has 0 aromatic rings. The fraction of sp³-hybridized carbons (Fsp3) is 0.786. The Morgan fingerprint density at radius 3 is 2.94 bits per heavy atom. The molecule has 2 unspecified atom stereocenters. The van der Waals surface area contributed by atoms with E-state index in [0.717, 1.165) is 17.9 Å². The molecule has 1 saturated carbocycles. The smallest absolute Gasteiger partial charge is 0.334 e. The van der Waals surface area contributed by atoms with Crippen LogP contribution >= 0.6 is 0 Å². The van der Waals surface area contributed by atoms with Crippen LogP contribution in [0, 0.1) is 17.3 Å². The molecule has 1 fully saturated rings. The topological polar surface area (TPSA) is 26.3 Å². The molecule has 0 saturated heterocycles. The van der Waals surface area contributed by atoms with E-state index in [1.54, 1.807) is 0 Å². The Morgan fingerprint density at radius 1 is 1.31 bits per heavy atom. The second-order valence-electron chi connectivity index (χ2n) is 6.21. The average molecular weight is 220 g/mol. The molecule has 0 amide bonds. The molecule has 2 aliphatic carbocycles. The first-order valence-corrected chi connectivity index (χ1v) is 6.48. The van der Waals surface area contributed by atoms with Crippen LogP contribution in [0.4, 0.5) is 0 Å². The predicted octanol–water partition coefficient (Wildman–Crippen LogP) is 3.08. The number of fused-ring (bicyclic) bond motifs is 2. The van der Waals surface area contributed by atoms with E-state index in [1.165, 1.54) is 31.3 Å². The molecule has 88 valence electrons. The van der Waals surface area contributed by atoms with Crippen LogP contribution in [0.25, 0.3) is 0 Å². The number of rotatable bonds is 0. The Balaban J connectivity index is 1.96. The van der Waals surface area contributed by atoms with Crippen LogP contribution in [-0.4, -0.2) is 12.6 Å². The highest BCUT2D eigenvalue weighted by Gasteiger charge is 2.45. The van der Waals surface area contributed by atoms with Gasteiger partial charge in [-0.25, -0.2) is 4.79 Å². The lowest BCUT2D eigenvalue weighted by Crippen LogP contribution is -2.38. The van der Waals surface area contributed by atoms with Gasteiger partial charge in [-0.3, -0.25) is 0 Å². The van der Waals surface area contributed by atoms with Crippen LogP contribution in [0.1, 0.15) is 46.0 Å². The van der Waals surface area contributed by atoms with E-state index in [0.29, 0.717) is 17.9 Å². The minimum Gasteiger partial charge on any atom is -0.458 e. The van der Waals surface area contributed by atoms with Crippen molar-refractivity contribution < 1.29 is 9.53 Å². The van der Waals surface area contributed by atoms with Gasteiger partial charge in [0.15, 0.2) is 0 Å². The molecule has 2 nitrogen and oxygen atoms in total. The van der Waals surface area contributed by atoms with Gasteiger partial charge in [-0.2, -0.15) is 0 Å². The molecule has 0 N–H and O–H groups in total.